The number of carbonyl (C=O) groups excluding carboxylic acids is 8. The van der Waals surface area contributed by atoms with Gasteiger partial charge in [-0.1, -0.05) is 581 Å². The van der Waals surface area contributed by atoms with Gasteiger partial charge in [0.15, 0.2) is 24.4 Å². The van der Waals surface area contributed by atoms with Crippen LogP contribution in [0.1, 0.15) is 684 Å². The molecule has 0 aromatic carbocycles. The van der Waals surface area contributed by atoms with Gasteiger partial charge in [0.05, 0.1) is 26.4 Å². The van der Waals surface area contributed by atoms with Crippen molar-refractivity contribution in [1.29, 1.82) is 0 Å². The summed E-state index contributed by atoms with van der Waals surface area (Å²) in [6.45, 7) is 12.0. The third-order valence-electron chi connectivity index (χ3n) is 29.0. The molecule has 0 fully saturated rings. The number of unbranched alkanes of at least 4 members (excludes halogenated alkanes) is 85. The molecule has 0 rings (SSSR count). The van der Waals surface area contributed by atoms with Gasteiger partial charge in [-0.05, 0) is 51.4 Å². The maximum Gasteiger partial charge on any atom is 0.306 e. The van der Waals surface area contributed by atoms with Gasteiger partial charge < -0.3 is 47.4 Å². The van der Waals surface area contributed by atoms with Crippen molar-refractivity contribution >= 4 is 47.8 Å². The Bertz CT molecular complexity index is 2530. The summed E-state index contributed by atoms with van der Waals surface area (Å²) >= 11 is 0. The van der Waals surface area contributed by atoms with Gasteiger partial charge in [0.25, 0.3) is 0 Å². The molecule has 850 valence electrons. The topological polar surface area (TPSA) is 229 Å². The molecule has 0 radical (unpaired) electrons. The highest BCUT2D eigenvalue weighted by Gasteiger charge is 2.26. The molecule has 144 heavy (non-hydrogen) atoms. The molecule has 0 aromatic rings. The molecule has 0 aromatic heterocycles. The number of carbonyl (C=O) groups is 8. The van der Waals surface area contributed by atoms with Crippen molar-refractivity contribution in [1.82, 2.24) is 0 Å². The molecule has 0 spiro atoms. The van der Waals surface area contributed by atoms with E-state index in [1.54, 1.807) is 0 Å². The van der Waals surface area contributed by atoms with Crippen molar-refractivity contribution in [2.24, 2.45) is 0 Å². The predicted molar refractivity (Wildman–Crippen MR) is 601 cm³/mol. The molecule has 4 atom stereocenters. The molecule has 0 aliphatic rings. The number of ether oxygens (including phenoxy) is 10. The summed E-state index contributed by atoms with van der Waals surface area (Å²) in [5, 5.41) is 0. The van der Waals surface area contributed by atoms with E-state index in [0.29, 0.717) is 25.7 Å². The van der Waals surface area contributed by atoms with Crippen LogP contribution in [0.5, 0.6) is 0 Å². The molecule has 18 nitrogen and oxygen atoms in total. The van der Waals surface area contributed by atoms with Crippen LogP contribution in [-0.2, 0) is 85.7 Å². The first-order valence-electron chi connectivity index (χ1n) is 63.4. The second-order valence-corrected chi connectivity index (χ2v) is 43.7. The quantitative estimate of drug-likeness (QED) is 0.0313. The first-order chi connectivity index (χ1) is 70.8. The van der Waals surface area contributed by atoms with E-state index in [1.807, 2.05) is 0 Å². The maximum atomic E-state index is 13.6. The monoisotopic (exact) mass is 2040 g/mol. The summed E-state index contributed by atoms with van der Waals surface area (Å²) in [5.74, 6) is -3.45. The molecule has 0 aliphatic heterocycles. The second-order valence-electron chi connectivity index (χ2n) is 43.7. The zero-order valence-corrected chi connectivity index (χ0v) is 96.0. The van der Waals surface area contributed by atoms with Crippen LogP contribution in [0.2, 0.25) is 0 Å². The maximum absolute atomic E-state index is 13.6. The molecule has 4 unspecified atom stereocenters. The van der Waals surface area contributed by atoms with Gasteiger partial charge in [0.2, 0.25) is 0 Å². The van der Waals surface area contributed by atoms with Crippen molar-refractivity contribution < 1.29 is 85.7 Å². The fourth-order valence-electron chi connectivity index (χ4n) is 19.5. The van der Waals surface area contributed by atoms with Gasteiger partial charge in [-0.25, -0.2) is 0 Å². The summed E-state index contributed by atoms with van der Waals surface area (Å²) < 4.78 is 59.6. The lowest BCUT2D eigenvalue weighted by Gasteiger charge is -2.21. The average molecular weight is 2040 g/mol. The third-order valence-corrected chi connectivity index (χ3v) is 29.0. The van der Waals surface area contributed by atoms with Gasteiger partial charge in [-0.2, -0.15) is 0 Å². The highest BCUT2D eigenvalue weighted by Crippen LogP contribution is 2.25. The second kappa shape index (κ2) is 117. The van der Waals surface area contributed by atoms with Gasteiger partial charge in [0.1, 0.15) is 26.4 Å². The van der Waals surface area contributed by atoms with Crippen LogP contribution in [0.25, 0.3) is 0 Å². The number of hydrogen-bond acceptors (Lipinski definition) is 18. The third kappa shape index (κ3) is 110. The van der Waals surface area contributed by atoms with Crippen molar-refractivity contribution in [3.63, 3.8) is 0 Å². The van der Waals surface area contributed by atoms with E-state index in [9.17, 15) is 38.4 Å². The molecule has 0 heterocycles. The summed E-state index contributed by atoms with van der Waals surface area (Å²) in [7, 11) is 0. The van der Waals surface area contributed by atoms with E-state index in [0.717, 1.165) is 128 Å². The fourth-order valence-corrected chi connectivity index (χ4v) is 19.5. The molecule has 0 bridgehead atoms. The Balaban J connectivity index is 6.34. The number of rotatable bonds is 121. The first kappa shape index (κ1) is 140. The van der Waals surface area contributed by atoms with Gasteiger partial charge in [-0.3, -0.25) is 38.4 Å². The van der Waals surface area contributed by atoms with Gasteiger partial charge >= 0.3 is 47.8 Å². The molecule has 0 N–H and O–H groups in total. The Morgan fingerprint density at radius 1 is 0.118 bits per heavy atom. The summed E-state index contributed by atoms with van der Waals surface area (Å²) in [6.07, 6.45) is 107. The van der Waals surface area contributed by atoms with Crippen LogP contribution >= 0.6 is 0 Å². The Kier molecular flexibility index (Phi) is 114. The predicted octanol–water partition coefficient (Wildman–Crippen LogP) is 38.0. The van der Waals surface area contributed by atoms with Crippen LogP contribution in [0.15, 0.2) is 0 Å². The van der Waals surface area contributed by atoms with Crippen LogP contribution in [0.3, 0.4) is 0 Å². The van der Waals surface area contributed by atoms with E-state index < -0.39 is 48.3 Å². The molecule has 0 saturated heterocycles. The minimum absolute atomic E-state index is 0.0382. The molecular formula is C126H238O18. The molecule has 0 aliphatic carbocycles. The Morgan fingerprint density at radius 2 is 0.208 bits per heavy atom. The highest BCUT2D eigenvalue weighted by molar-refractivity contribution is 5.73. The lowest BCUT2D eigenvalue weighted by Crippen LogP contribution is -2.34. The molecule has 18 heteroatoms. The number of esters is 8. The van der Waals surface area contributed by atoms with E-state index in [2.05, 4.69) is 41.5 Å². The van der Waals surface area contributed by atoms with Crippen molar-refractivity contribution in [3.8, 4) is 0 Å². The van der Waals surface area contributed by atoms with Crippen molar-refractivity contribution in [3.05, 3.63) is 0 Å². The summed E-state index contributed by atoms with van der Waals surface area (Å²) in [6, 6.07) is 0. The lowest BCUT2D eigenvalue weighted by molar-refractivity contribution is -0.169. The molecule has 0 amide bonds. The van der Waals surface area contributed by atoms with Crippen LogP contribution in [-0.4, -0.2) is 125 Å². The Morgan fingerprint density at radius 3 is 0.319 bits per heavy atom. The van der Waals surface area contributed by atoms with Crippen molar-refractivity contribution in [2.45, 2.75) is 708 Å². The van der Waals surface area contributed by atoms with E-state index in [1.165, 1.54) is 424 Å². The zero-order valence-electron chi connectivity index (χ0n) is 96.0. The normalized spacial score (nSPS) is 12.3. The van der Waals surface area contributed by atoms with Gasteiger partial charge in [-0.15, -0.1) is 0 Å². The SMILES string of the molecule is CCCCCCCCCCCCCCCCCC(=O)OCC(COCC(COC(=O)CCCCC(=O)OCC(COCC(COC(=O)CCCCCCCCCCCCCCCCC)OC(=O)CCCCCCCCCCCCCCCCC)OC(=O)CCCCCCCCCCCCCCCCC)OC(=O)CCCCCCCCCCCCCCCCC)OC(=O)CCCCCCCCCCCCCCCCC. The summed E-state index contributed by atoms with van der Waals surface area (Å²) in [5.41, 5.74) is 0. The minimum Gasteiger partial charge on any atom is -0.462 e. The average Bonchev–Trinajstić information content (AvgIpc) is 0.932. The lowest BCUT2D eigenvalue weighted by atomic mass is 10.0. The van der Waals surface area contributed by atoms with Crippen LogP contribution < -0.4 is 0 Å². The Hall–Kier alpha value is -4.32. The van der Waals surface area contributed by atoms with E-state index in [-0.39, 0.29) is 141 Å². The largest absolute Gasteiger partial charge is 0.462 e. The number of hydrogen-bond donors (Lipinski definition) is 0. The van der Waals surface area contributed by atoms with Crippen LogP contribution in [0, 0.1) is 0 Å². The zero-order chi connectivity index (χ0) is 104. The highest BCUT2D eigenvalue weighted by atomic mass is 16.6. The minimum atomic E-state index is -0.988. The van der Waals surface area contributed by atoms with E-state index in [4.69, 9.17) is 47.4 Å². The summed E-state index contributed by atoms with van der Waals surface area (Å²) in [4.78, 5) is 108. The Labute approximate surface area is 889 Å². The fraction of sp³-hybridized carbons (Fsp3) is 0.937. The van der Waals surface area contributed by atoms with Gasteiger partial charge in [0, 0.05) is 51.4 Å². The van der Waals surface area contributed by atoms with E-state index >= 15 is 0 Å². The van der Waals surface area contributed by atoms with Crippen LogP contribution in [0.4, 0.5) is 0 Å². The molecular weight excluding hydrogens is 1800 g/mol. The molecule has 0 saturated carbocycles. The standard InChI is InChI=1S/C126H238O18/c1-7-13-19-25-31-37-43-49-55-61-67-73-79-85-91-99-119(127)137-111-115(141-123(131)103-93-87-81-75-69-63-57-51-45-39-33-27-21-15-9-3)107-135-109-117(143-125(133)105-95-89-83-77-71-65-59-53-47-41-35-29-23-17-11-5)113-139-121(129)101-97-98-102-122(130)140-114-118(144-126(134)106-96-90-84-78-72-66-60-54-48-42-36-30-24-18-12-6)110-136-108-116(142-124(132)104-94-88-82-76-70-64-58-52-46-40-34-28-22-16-10-4)112-138-120(128)100-92-86-80-74-68-62-56-50-44-38-32-26-20-14-8-2/h115-118H,7-114H2,1-6H3. The smallest absolute Gasteiger partial charge is 0.306 e. The van der Waals surface area contributed by atoms with Crippen molar-refractivity contribution in [2.75, 3.05) is 52.9 Å². The first-order valence-corrected chi connectivity index (χ1v) is 63.4.